The molecule has 1 atom stereocenters. The second kappa shape index (κ2) is 5.99. The number of hydrogen-bond acceptors (Lipinski definition) is 2. The molecule has 1 aromatic rings. The zero-order valence-electron chi connectivity index (χ0n) is 10.7. The van der Waals surface area contributed by atoms with E-state index in [-0.39, 0.29) is 16.8 Å². The molecule has 0 aromatic heterocycles. The maximum atomic E-state index is 13.7. The van der Waals surface area contributed by atoms with Gasteiger partial charge in [0.05, 0.1) is 0 Å². The number of alkyl halides is 1. The van der Waals surface area contributed by atoms with Gasteiger partial charge in [-0.2, -0.15) is 4.31 Å². The van der Waals surface area contributed by atoms with Crippen molar-refractivity contribution in [2.75, 3.05) is 7.05 Å². The van der Waals surface area contributed by atoms with Crippen LogP contribution < -0.4 is 0 Å². The third-order valence-corrected chi connectivity index (χ3v) is 5.31. The van der Waals surface area contributed by atoms with Gasteiger partial charge in [-0.1, -0.05) is 13.0 Å². The molecular weight excluding hydrogens is 277 g/mol. The lowest BCUT2D eigenvalue weighted by atomic mass is 10.2. The molecule has 1 unspecified atom stereocenters. The van der Waals surface area contributed by atoms with Crippen LogP contribution in [-0.2, 0) is 15.9 Å². The second-order valence-electron chi connectivity index (χ2n) is 4.18. The van der Waals surface area contributed by atoms with Crippen LogP contribution in [0.2, 0.25) is 0 Å². The fourth-order valence-electron chi connectivity index (χ4n) is 1.48. The van der Waals surface area contributed by atoms with Gasteiger partial charge in [-0.05, 0) is 31.0 Å². The minimum atomic E-state index is -3.81. The summed E-state index contributed by atoms with van der Waals surface area (Å²) in [6.45, 7) is 3.66. The Labute approximate surface area is 113 Å². The third-order valence-electron chi connectivity index (χ3n) is 3.02. The fraction of sp³-hybridized carbons (Fsp3) is 0.500. The molecule has 1 aromatic carbocycles. The van der Waals surface area contributed by atoms with E-state index in [4.69, 9.17) is 11.6 Å². The average molecular weight is 294 g/mol. The highest BCUT2D eigenvalue weighted by atomic mass is 35.5. The first-order valence-electron chi connectivity index (χ1n) is 5.67. The summed E-state index contributed by atoms with van der Waals surface area (Å²) < 4.78 is 39.4. The van der Waals surface area contributed by atoms with Crippen LogP contribution in [0.25, 0.3) is 0 Å². The number of halogens is 2. The molecule has 0 heterocycles. The van der Waals surface area contributed by atoms with Crippen LogP contribution in [-0.4, -0.2) is 25.8 Å². The van der Waals surface area contributed by atoms with Crippen molar-refractivity contribution >= 4 is 21.6 Å². The van der Waals surface area contributed by atoms with Crippen molar-refractivity contribution in [2.24, 2.45) is 0 Å². The fourth-order valence-corrected chi connectivity index (χ4v) is 3.19. The van der Waals surface area contributed by atoms with Crippen LogP contribution in [0.5, 0.6) is 0 Å². The Kier molecular flexibility index (Phi) is 5.13. The van der Waals surface area contributed by atoms with Crippen molar-refractivity contribution in [1.82, 2.24) is 4.31 Å². The Bertz CT molecular complexity index is 519. The Hall–Kier alpha value is -0.650. The molecule has 102 valence electrons. The van der Waals surface area contributed by atoms with Gasteiger partial charge in [0.15, 0.2) is 0 Å². The summed E-state index contributed by atoms with van der Waals surface area (Å²) in [5.41, 5.74) is 0.578. The van der Waals surface area contributed by atoms with Gasteiger partial charge in [0, 0.05) is 19.0 Å². The van der Waals surface area contributed by atoms with Crippen LogP contribution in [0.3, 0.4) is 0 Å². The first-order valence-corrected chi connectivity index (χ1v) is 7.64. The maximum Gasteiger partial charge on any atom is 0.245 e. The van der Waals surface area contributed by atoms with E-state index >= 15 is 0 Å². The molecule has 0 aliphatic carbocycles. The van der Waals surface area contributed by atoms with Gasteiger partial charge in [0.1, 0.15) is 10.7 Å². The summed E-state index contributed by atoms with van der Waals surface area (Å²) in [6, 6.07) is 3.71. The molecule has 3 nitrogen and oxygen atoms in total. The average Bonchev–Trinajstić information content (AvgIpc) is 2.37. The molecule has 0 N–H and O–H groups in total. The Morgan fingerprint density at radius 1 is 1.44 bits per heavy atom. The van der Waals surface area contributed by atoms with Gasteiger partial charge in [-0.15, -0.1) is 11.6 Å². The number of benzene rings is 1. The molecule has 0 bridgehead atoms. The van der Waals surface area contributed by atoms with Crippen molar-refractivity contribution in [3.8, 4) is 0 Å². The molecule has 0 saturated carbocycles. The van der Waals surface area contributed by atoms with Crippen molar-refractivity contribution in [3.05, 3.63) is 29.6 Å². The van der Waals surface area contributed by atoms with Crippen molar-refractivity contribution in [3.63, 3.8) is 0 Å². The van der Waals surface area contributed by atoms with Crippen LogP contribution >= 0.6 is 11.6 Å². The minimum Gasteiger partial charge on any atom is -0.207 e. The normalized spacial score (nSPS) is 13.9. The Morgan fingerprint density at radius 3 is 2.56 bits per heavy atom. The number of sulfonamides is 1. The maximum absolute atomic E-state index is 13.7. The number of nitrogens with zero attached hydrogens (tertiary/aromatic N) is 1. The van der Waals surface area contributed by atoms with Crippen molar-refractivity contribution in [2.45, 2.75) is 37.1 Å². The molecule has 0 saturated heterocycles. The topological polar surface area (TPSA) is 37.4 Å². The predicted octanol–water partition coefficient (Wildman–Crippen LogP) is 2.98. The summed E-state index contributed by atoms with van der Waals surface area (Å²) in [7, 11) is -2.36. The predicted molar refractivity (Wildman–Crippen MR) is 70.7 cm³/mol. The van der Waals surface area contributed by atoms with E-state index in [0.717, 1.165) is 6.07 Å². The Balaban J connectivity index is 3.27. The Morgan fingerprint density at radius 2 is 2.06 bits per heavy atom. The van der Waals surface area contributed by atoms with Gasteiger partial charge in [0.25, 0.3) is 0 Å². The summed E-state index contributed by atoms with van der Waals surface area (Å²) >= 11 is 5.64. The highest BCUT2D eigenvalue weighted by Gasteiger charge is 2.27. The highest BCUT2D eigenvalue weighted by molar-refractivity contribution is 7.89. The quantitative estimate of drug-likeness (QED) is 0.783. The summed E-state index contributed by atoms with van der Waals surface area (Å²) in [4.78, 5) is -0.316. The van der Waals surface area contributed by atoms with E-state index in [2.05, 4.69) is 0 Å². The lowest BCUT2D eigenvalue weighted by Gasteiger charge is -2.23. The second-order valence-corrected chi connectivity index (χ2v) is 6.41. The van der Waals surface area contributed by atoms with Gasteiger partial charge in [-0.25, -0.2) is 12.8 Å². The van der Waals surface area contributed by atoms with E-state index in [0.29, 0.717) is 12.0 Å². The van der Waals surface area contributed by atoms with Crippen molar-refractivity contribution in [1.29, 1.82) is 0 Å². The van der Waals surface area contributed by atoms with Crippen molar-refractivity contribution < 1.29 is 12.8 Å². The van der Waals surface area contributed by atoms with E-state index in [9.17, 15) is 12.8 Å². The minimum absolute atomic E-state index is 0.149. The molecule has 0 aliphatic heterocycles. The van der Waals surface area contributed by atoms with E-state index < -0.39 is 15.8 Å². The highest BCUT2D eigenvalue weighted by Crippen LogP contribution is 2.22. The summed E-state index contributed by atoms with van der Waals surface area (Å²) in [5, 5.41) is 0. The molecule has 0 amide bonds. The van der Waals surface area contributed by atoms with Gasteiger partial charge >= 0.3 is 0 Å². The largest absolute Gasteiger partial charge is 0.245 e. The molecular formula is C12H17ClFNO2S. The lowest BCUT2D eigenvalue weighted by molar-refractivity contribution is 0.378. The van der Waals surface area contributed by atoms with Crippen LogP contribution in [0.1, 0.15) is 25.8 Å². The monoisotopic (exact) mass is 293 g/mol. The summed E-state index contributed by atoms with van der Waals surface area (Å²) in [6.07, 6.45) is 0.659. The van der Waals surface area contributed by atoms with Crippen LogP contribution in [0.15, 0.2) is 23.1 Å². The van der Waals surface area contributed by atoms with Gasteiger partial charge < -0.3 is 0 Å². The standard InChI is InChI=1S/C12H17ClFNO2S/c1-4-9(2)15(3)18(16,17)12-7-10(8-13)5-6-11(12)14/h5-7,9H,4,8H2,1-3H3. The van der Waals surface area contributed by atoms with Crippen LogP contribution in [0, 0.1) is 5.82 Å². The molecule has 0 fully saturated rings. The first kappa shape index (κ1) is 15.4. The zero-order valence-corrected chi connectivity index (χ0v) is 12.2. The lowest BCUT2D eigenvalue weighted by Crippen LogP contribution is -2.35. The summed E-state index contributed by atoms with van der Waals surface area (Å²) in [5.74, 6) is -0.602. The first-order chi connectivity index (χ1) is 8.34. The molecule has 1 rings (SSSR count). The molecule has 0 radical (unpaired) electrons. The zero-order chi connectivity index (χ0) is 13.9. The third kappa shape index (κ3) is 3.02. The van der Waals surface area contributed by atoms with Gasteiger partial charge in [-0.3, -0.25) is 0 Å². The van der Waals surface area contributed by atoms with E-state index in [1.165, 1.54) is 23.5 Å². The van der Waals surface area contributed by atoms with E-state index in [1.54, 1.807) is 6.92 Å². The van der Waals surface area contributed by atoms with Gasteiger partial charge in [0.2, 0.25) is 10.0 Å². The smallest absolute Gasteiger partial charge is 0.207 e. The SMILES string of the molecule is CCC(C)N(C)S(=O)(=O)c1cc(CCl)ccc1F. The molecule has 0 aliphatic rings. The van der Waals surface area contributed by atoms with Crippen LogP contribution in [0.4, 0.5) is 4.39 Å². The molecule has 18 heavy (non-hydrogen) atoms. The van der Waals surface area contributed by atoms with E-state index in [1.807, 2.05) is 6.92 Å². The molecule has 0 spiro atoms. The number of rotatable bonds is 5. The molecule has 6 heteroatoms. The number of hydrogen-bond donors (Lipinski definition) is 0.